The maximum absolute atomic E-state index is 13.0. The molecule has 1 unspecified atom stereocenters. The van der Waals surface area contributed by atoms with Crippen LogP contribution in [0.1, 0.15) is 80.7 Å². The Hall–Kier alpha value is -3.06. The average molecular weight is 651 g/mol. The highest BCUT2D eigenvalue weighted by Gasteiger charge is 2.26. The number of rotatable bonds is 20. The number of esters is 4. The first-order chi connectivity index (χ1) is 21.3. The van der Waals surface area contributed by atoms with Gasteiger partial charge in [0.1, 0.15) is 29.5 Å². The van der Waals surface area contributed by atoms with Gasteiger partial charge in [-0.15, -0.1) is 0 Å². The molecule has 0 spiro atoms. The molecule has 1 aromatic carbocycles. The van der Waals surface area contributed by atoms with Crippen molar-refractivity contribution in [1.29, 1.82) is 0 Å². The third kappa shape index (κ3) is 22.4. The van der Waals surface area contributed by atoms with Crippen molar-refractivity contribution >= 4 is 23.9 Å². The summed E-state index contributed by atoms with van der Waals surface area (Å²) in [4.78, 5) is 51.8. The molecule has 1 atom stereocenters. The van der Waals surface area contributed by atoms with Crippen molar-refractivity contribution in [3.05, 3.63) is 35.9 Å². The van der Waals surface area contributed by atoms with E-state index in [1.54, 1.807) is 20.8 Å². The zero-order valence-corrected chi connectivity index (χ0v) is 29.5. The topological polar surface area (TPSA) is 145 Å². The Morgan fingerprint density at radius 2 is 1.26 bits per heavy atom. The summed E-state index contributed by atoms with van der Waals surface area (Å²) in [5.41, 5.74) is -0.948. The molecular weight excluding hydrogens is 592 g/mol. The highest BCUT2D eigenvalue weighted by atomic mass is 16.6. The molecular formula is C34H58N4O8. The van der Waals surface area contributed by atoms with E-state index in [9.17, 15) is 19.2 Å². The Morgan fingerprint density at radius 3 is 1.87 bits per heavy atom. The quantitative estimate of drug-likeness (QED) is 0.108. The van der Waals surface area contributed by atoms with Crippen LogP contribution in [-0.4, -0.2) is 104 Å². The van der Waals surface area contributed by atoms with E-state index in [0.29, 0.717) is 39.3 Å². The van der Waals surface area contributed by atoms with Crippen molar-refractivity contribution in [1.82, 2.24) is 20.9 Å². The SMILES string of the molecule is CC(C)(C)OC(=O)CNCCNCCN(CCNC(CCC(=O)OCc1ccccc1)C(=O)OC(C)(C)C)CC(=O)OC(C)(C)C. The number of hydrogen-bond donors (Lipinski definition) is 3. The molecule has 0 saturated carbocycles. The van der Waals surface area contributed by atoms with Crippen LogP contribution < -0.4 is 16.0 Å². The van der Waals surface area contributed by atoms with Gasteiger partial charge in [0.15, 0.2) is 0 Å². The first-order valence-corrected chi connectivity index (χ1v) is 16.1. The number of hydrogen-bond acceptors (Lipinski definition) is 12. The molecule has 1 rings (SSSR count). The van der Waals surface area contributed by atoms with Crippen LogP contribution in [0.4, 0.5) is 0 Å². The smallest absolute Gasteiger partial charge is 0.323 e. The normalized spacial score (nSPS) is 12.8. The van der Waals surface area contributed by atoms with E-state index in [0.717, 1.165) is 5.56 Å². The number of ether oxygens (including phenoxy) is 4. The Morgan fingerprint density at radius 1 is 0.696 bits per heavy atom. The second-order valence-corrected chi connectivity index (χ2v) is 14.1. The molecule has 12 heteroatoms. The van der Waals surface area contributed by atoms with E-state index in [2.05, 4.69) is 16.0 Å². The van der Waals surface area contributed by atoms with Gasteiger partial charge in [-0.3, -0.25) is 24.1 Å². The molecule has 0 fully saturated rings. The summed E-state index contributed by atoms with van der Waals surface area (Å²) in [5, 5.41) is 9.57. The van der Waals surface area contributed by atoms with Crippen molar-refractivity contribution in [2.45, 2.75) is 105 Å². The summed E-state index contributed by atoms with van der Waals surface area (Å²) in [6, 6.07) is 8.66. The largest absolute Gasteiger partial charge is 0.461 e. The van der Waals surface area contributed by atoms with Gasteiger partial charge in [-0.25, -0.2) is 0 Å². The lowest BCUT2D eigenvalue weighted by Crippen LogP contribution is -2.46. The third-order valence-electron chi connectivity index (χ3n) is 5.94. The first kappa shape index (κ1) is 41.0. The predicted molar refractivity (Wildman–Crippen MR) is 177 cm³/mol. The second-order valence-electron chi connectivity index (χ2n) is 14.1. The van der Waals surface area contributed by atoms with Crippen molar-refractivity contribution in [2.75, 3.05) is 52.4 Å². The summed E-state index contributed by atoms with van der Waals surface area (Å²) >= 11 is 0. The summed E-state index contributed by atoms with van der Waals surface area (Å²) in [5.74, 6) is -1.52. The number of benzene rings is 1. The van der Waals surface area contributed by atoms with Gasteiger partial charge in [-0.05, 0) is 74.3 Å². The summed E-state index contributed by atoms with van der Waals surface area (Å²) in [7, 11) is 0. The van der Waals surface area contributed by atoms with Crippen LogP contribution >= 0.6 is 0 Å². The summed E-state index contributed by atoms with van der Waals surface area (Å²) in [6.07, 6.45) is 0.240. The Balaban J connectivity index is 2.67. The molecule has 3 N–H and O–H groups in total. The Labute approximate surface area is 275 Å². The monoisotopic (exact) mass is 650 g/mol. The van der Waals surface area contributed by atoms with Gasteiger partial charge in [0, 0.05) is 45.7 Å². The van der Waals surface area contributed by atoms with Crippen LogP contribution in [0.5, 0.6) is 0 Å². The second kappa shape index (κ2) is 20.2. The van der Waals surface area contributed by atoms with Crippen LogP contribution in [0.2, 0.25) is 0 Å². The average Bonchev–Trinajstić information content (AvgIpc) is 2.90. The lowest BCUT2D eigenvalue weighted by molar-refractivity contribution is -0.159. The van der Waals surface area contributed by atoms with Gasteiger partial charge in [0.25, 0.3) is 0 Å². The zero-order valence-electron chi connectivity index (χ0n) is 29.5. The molecule has 0 aromatic heterocycles. The molecule has 0 saturated heterocycles. The van der Waals surface area contributed by atoms with E-state index in [-0.39, 0.29) is 44.5 Å². The van der Waals surface area contributed by atoms with Gasteiger partial charge in [0.2, 0.25) is 0 Å². The van der Waals surface area contributed by atoms with Gasteiger partial charge >= 0.3 is 23.9 Å². The molecule has 0 bridgehead atoms. The molecule has 0 aliphatic carbocycles. The minimum absolute atomic E-state index is 0.0389. The van der Waals surface area contributed by atoms with Crippen molar-refractivity contribution in [2.24, 2.45) is 0 Å². The van der Waals surface area contributed by atoms with E-state index < -0.39 is 34.8 Å². The third-order valence-corrected chi connectivity index (χ3v) is 5.94. The molecule has 0 aliphatic rings. The van der Waals surface area contributed by atoms with Crippen LogP contribution in [0.3, 0.4) is 0 Å². The minimum Gasteiger partial charge on any atom is -0.461 e. The Kier molecular flexibility index (Phi) is 18.0. The minimum atomic E-state index is -0.735. The highest BCUT2D eigenvalue weighted by Crippen LogP contribution is 2.12. The molecule has 1 aromatic rings. The van der Waals surface area contributed by atoms with Gasteiger partial charge in [-0.1, -0.05) is 30.3 Å². The van der Waals surface area contributed by atoms with E-state index in [1.807, 2.05) is 76.8 Å². The summed E-state index contributed by atoms with van der Waals surface area (Å²) in [6.45, 7) is 19.8. The van der Waals surface area contributed by atoms with Crippen LogP contribution in [0.15, 0.2) is 30.3 Å². The molecule has 262 valence electrons. The van der Waals surface area contributed by atoms with Crippen molar-refractivity contribution < 1.29 is 38.1 Å². The number of nitrogens with zero attached hydrogens (tertiary/aromatic N) is 1. The number of carbonyl (C=O) groups excluding carboxylic acids is 4. The lowest BCUT2D eigenvalue weighted by Gasteiger charge is -2.27. The Bertz CT molecular complexity index is 1060. The molecule has 46 heavy (non-hydrogen) atoms. The molecule has 0 aliphatic heterocycles. The zero-order chi connectivity index (χ0) is 34.8. The molecule has 0 heterocycles. The maximum atomic E-state index is 13.0. The van der Waals surface area contributed by atoms with Crippen LogP contribution in [-0.2, 0) is 44.7 Å². The fraction of sp³-hybridized carbons (Fsp3) is 0.706. The van der Waals surface area contributed by atoms with Gasteiger partial charge in [0.05, 0.1) is 13.1 Å². The van der Waals surface area contributed by atoms with Crippen molar-refractivity contribution in [3.63, 3.8) is 0 Å². The fourth-order valence-electron chi connectivity index (χ4n) is 4.08. The molecule has 12 nitrogen and oxygen atoms in total. The van der Waals surface area contributed by atoms with E-state index >= 15 is 0 Å². The van der Waals surface area contributed by atoms with Crippen molar-refractivity contribution in [3.8, 4) is 0 Å². The standard InChI is InChI=1S/C34H58N4O8/c1-32(2,3)44-29(40)23-36-18-17-35-19-21-38(24-30(41)45-33(4,5)6)22-20-37-27(31(42)46-34(7,8)9)15-16-28(39)43-25-26-13-11-10-12-14-26/h10-14,27,35-37H,15-25H2,1-9H3. The van der Waals surface area contributed by atoms with Crippen LogP contribution in [0.25, 0.3) is 0 Å². The maximum Gasteiger partial charge on any atom is 0.323 e. The van der Waals surface area contributed by atoms with Gasteiger partial charge in [-0.2, -0.15) is 0 Å². The highest BCUT2D eigenvalue weighted by molar-refractivity contribution is 5.77. The van der Waals surface area contributed by atoms with E-state index in [4.69, 9.17) is 18.9 Å². The van der Waals surface area contributed by atoms with Gasteiger partial charge < -0.3 is 34.9 Å². The predicted octanol–water partition coefficient (Wildman–Crippen LogP) is 2.97. The van der Waals surface area contributed by atoms with Crippen LogP contribution in [0, 0.1) is 0 Å². The fourth-order valence-corrected chi connectivity index (χ4v) is 4.08. The molecule has 0 radical (unpaired) electrons. The van der Waals surface area contributed by atoms with E-state index in [1.165, 1.54) is 0 Å². The first-order valence-electron chi connectivity index (χ1n) is 16.1. The molecule has 0 amide bonds. The summed E-state index contributed by atoms with van der Waals surface area (Å²) < 4.78 is 21.8. The number of carbonyl (C=O) groups is 4. The lowest BCUT2D eigenvalue weighted by atomic mass is 10.1. The number of nitrogens with one attached hydrogen (secondary N) is 3.